The van der Waals surface area contributed by atoms with Gasteiger partial charge in [0.2, 0.25) is 0 Å². The molecule has 2 nitrogen and oxygen atoms in total. The van der Waals surface area contributed by atoms with Gasteiger partial charge in [0.1, 0.15) is 5.75 Å². The van der Waals surface area contributed by atoms with Gasteiger partial charge >= 0.3 is 0 Å². The zero-order chi connectivity index (χ0) is 11.8. The van der Waals surface area contributed by atoms with Crippen LogP contribution < -0.4 is 0 Å². The number of aromatic hydroxyl groups is 1. The first-order valence-electron chi connectivity index (χ1n) is 5.62. The minimum absolute atomic E-state index is 0.294. The molecule has 1 aromatic heterocycles. The highest BCUT2D eigenvalue weighted by Gasteiger charge is 2.08. The van der Waals surface area contributed by atoms with Crippen molar-refractivity contribution in [3.63, 3.8) is 0 Å². The summed E-state index contributed by atoms with van der Waals surface area (Å²) in [7, 11) is 0. The van der Waals surface area contributed by atoms with Gasteiger partial charge in [-0.2, -0.15) is 0 Å². The number of aryl methyl sites for hydroxylation is 1. The molecule has 84 valence electrons. The average molecular weight is 223 g/mol. The number of phenols is 1. The van der Waals surface area contributed by atoms with Gasteiger partial charge in [0.05, 0.1) is 0 Å². The summed E-state index contributed by atoms with van der Waals surface area (Å²) in [6.07, 6.45) is 0. The van der Waals surface area contributed by atoms with E-state index in [1.54, 1.807) is 12.1 Å². The molecule has 2 heteroatoms. The maximum absolute atomic E-state index is 9.30. The topological polar surface area (TPSA) is 36.0 Å². The SMILES string of the molecule is Cc1c(-c2ccc(O)cc2)[nH]c2ccccc12. The van der Waals surface area contributed by atoms with E-state index >= 15 is 0 Å². The van der Waals surface area contributed by atoms with Crippen molar-refractivity contribution in [3.05, 3.63) is 54.1 Å². The van der Waals surface area contributed by atoms with Crippen molar-refractivity contribution in [1.82, 2.24) is 4.98 Å². The number of phenolic OH excluding ortho intramolecular Hbond substituents is 1. The van der Waals surface area contributed by atoms with Crippen LogP contribution in [0.1, 0.15) is 5.56 Å². The number of rotatable bonds is 1. The molecule has 0 aliphatic heterocycles. The van der Waals surface area contributed by atoms with E-state index in [0.29, 0.717) is 5.75 Å². The summed E-state index contributed by atoms with van der Waals surface area (Å²) in [5, 5.41) is 10.5. The van der Waals surface area contributed by atoms with Crippen LogP contribution in [0.2, 0.25) is 0 Å². The van der Waals surface area contributed by atoms with Crippen molar-refractivity contribution in [2.75, 3.05) is 0 Å². The van der Waals surface area contributed by atoms with Gasteiger partial charge in [0.25, 0.3) is 0 Å². The zero-order valence-electron chi connectivity index (χ0n) is 9.57. The molecule has 1 heterocycles. The Kier molecular flexibility index (Phi) is 2.15. The van der Waals surface area contributed by atoms with Gasteiger partial charge < -0.3 is 10.1 Å². The summed E-state index contributed by atoms with van der Waals surface area (Å²) >= 11 is 0. The van der Waals surface area contributed by atoms with E-state index in [1.807, 2.05) is 24.3 Å². The number of hydrogen-bond acceptors (Lipinski definition) is 1. The second-order valence-corrected chi connectivity index (χ2v) is 4.22. The van der Waals surface area contributed by atoms with Crippen LogP contribution in [-0.4, -0.2) is 10.1 Å². The maximum Gasteiger partial charge on any atom is 0.115 e. The summed E-state index contributed by atoms with van der Waals surface area (Å²) in [4.78, 5) is 3.42. The lowest BCUT2D eigenvalue weighted by Crippen LogP contribution is -1.79. The van der Waals surface area contributed by atoms with Crippen LogP contribution in [0.3, 0.4) is 0 Å². The summed E-state index contributed by atoms with van der Waals surface area (Å²) in [6, 6.07) is 15.5. The molecule has 0 amide bonds. The third-order valence-corrected chi connectivity index (χ3v) is 3.12. The predicted octanol–water partition coefficient (Wildman–Crippen LogP) is 3.85. The van der Waals surface area contributed by atoms with Crippen LogP contribution >= 0.6 is 0 Å². The number of fused-ring (bicyclic) bond motifs is 1. The van der Waals surface area contributed by atoms with Crippen molar-refractivity contribution in [2.24, 2.45) is 0 Å². The van der Waals surface area contributed by atoms with Gasteiger partial charge in [-0.25, -0.2) is 0 Å². The van der Waals surface area contributed by atoms with Crippen molar-refractivity contribution in [3.8, 4) is 17.0 Å². The highest BCUT2D eigenvalue weighted by Crippen LogP contribution is 2.30. The van der Waals surface area contributed by atoms with E-state index in [-0.39, 0.29) is 0 Å². The molecule has 0 bridgehead atoms. The molecule has 0 aliphatic rings. The molecule has 2 aromatic carbocycles. The monoisotopic (exact) mass is 223 g/mol. The fourth-order valence-corrected chi connectivity index (χ4v) is 2.20. The van der Waals surface area contributed by atoms with Crippen LogP contribution in [0.4, 0.5) is 0 Å². The minimum Gasteiger partial charge on any atom is -0.508 e. The molecule has 0 saturated heterocycles. The first-order valence-corrected chi connectivity index (χ1v) is 5.62. The van der Waals surface area contributed by atoms with Crippen LogP contribution in [-0.2, 0) is 0 Å². The number of aromatic nitrogens is 1. The third kappa shape index (κ3) is 1.58. The fraction of sp³-hybridized carbons (Fsp3) is 0.0667. The molecule has 3 rings (SSSR count). The van der Waals surface area contributed by atoms with E-state index in [4.69, 9.17) is 0 Å². The van der Waals surface area contributed by atoms with Gasteiger partial charge in [-0.05, 0) is 48.4 Å². The van der Waals surface area contributed by atoms with E-state index < -0.39 is 0 Å². The summed E-state index contributed by atoms with van der Waals surface area (Å²) < 4.78 is 0. The molecular weight excluding hydrogens is 210 g/mol. The van der Waals surface area contributed by atoms with Crippen molar-refractivity contribution >= 4 is 10.9 Å². The Bertz CT molecular complexity index is 665. The standard InChI is InChI=1S/C15H13NO/c1-10-13-4-2-3-5-14(13)16-15(10)11-6-8-12(17)9-7-11/h2-9,16-17H,1H3. The molecule has 17 heavy (non-hydrogen) atoms. The maximum atomic E-state index is 9.30. The Morgan fingerprint density at radius 1 is 0.941 bits per heavy atom. The predicted molar refractivity (Wildman–Crippen MR) is 70.1 cm³/mol. The zero-order valence-corrected chi connectivity index (χ0v) is 9.57. The summed E-state index contributed by atoms with van der Waals surface area (Å²) in [5.41, 5.74) is 4.60. The lowest BCUT2D eigenvalue weighted by Gasteiger charge is -2.00. The molecule has 0 fully saturated rings. The van der Waals surface area contributed by atoms with E-state index in [9.17, 15) is 5.11 Å². The number of H-pyrrole nitrogens is 1. The lowest BCUT2D eigenvalue weighted by molar-refractivity contribution is 0.475. The average Bonchev–Trinajstić information content (AvgIpc) is 2.69. The largest absolute Gasteiger partial charge is 0.508 e. The fourth-order valence-electron chi connectivity index (χ4n) is 2.20. The Labute approximate surface area is 99.5 Å². The molecule has 0 aliphatic carbocycles. The number of para-hydroxylation sites is 1. The minimum atomic E-state index is 0.294. The molecule has 0 spiro atoms. The van der Waals surface area contributed by atoms with Crippen LogP contribution in [0.25, 0.3) is 22.2 Å². The van der Waals surface area contributed by atoms with E-state index in [0.717, 1.165) is 16.8 Å². The Morgan fingerprint density at radius 3 is 2.35 bits per heavy atom. The number of nitrogens with one attached hydrogen (secondary N) is 1. The first-order chi connectivity index (χ1) is 8.25. The molecule has 0 radical (unpaired) electrons. The smallest absolute Gasteiger partial charge is 0.115 e. The Hall–Kier alpha value is -2.22. The van der Waals surface area contributed by atoms with E-state index in [1.165, 1.54) is 10.9 Å². The van der Waals surface area contributed by atoms with Crippen molar-refractivity contribution in [1.29, 1.82) is 0 Å². The first kappa shape index (κ1) is 9.97. The highest BCUT2D eigenvalue weighted by atomic mass is 16.3. The van der Waals surface area contributed by atoms with Gasteiger partial charge in [-0.1, -0.05) is 18.2 Å². The second kappa shape index (κ2) is 3.67. The van der Waals surface area contributed by atoms with Crippen molar-refractivity contribution < 1.29 is 5.11 Å². The summed E-state index contributed by atoms with van der Waals surface area (Å²) in [5.74, 6) is 0.294. The summed E-state index contributed by atoms with van der Waals surface area (Å²) in [6.45, 7) is 2.11. The Balaban J connectivity index is 2.24. The van der Waals surface area contributed by atoms with Gasteiger partial charge in [0.15, 0.2) is 0 Å². The van der Waals surface area contributed by atoms with E-state index in [2.05, 4.69) is 24.0 Å². The molecular formula is C15H13NO. The van der Waals surface area contributed by atoms with Gasteiger partial charge in [0, 0.05) is 16.6 Å². The van der Waals surface area contributed by atoms with Crippen LogP contribution in [0, 0.1) is 6.92 Å². The second-order valence-electron chi connectivity index (χ2n) is 4.22. The number of aromatic amines is 1. The molecule has 3 aromatic rings. The Morgan fingerprint density at radius 2 is 1.65 bits per heavy atom. The van der Waals surface area contributed by atoms with Crippen molar-refractivity contribution in [2.45, 2.75) is 6.92 Å². The normalized spacial score (nSPS) is 10.9. The van der Waals surface area contributed by atoms with Crippen LogP contribution in [0.15, 0.2) is 48.5 Å². The third-order valence-electron chi connectivity index (χ3n) is 3.12. The number of benzene rings is 2. The molecule has 0 saturated carbocycles. The van der Waals surface area contributed by atoms with Gasteiger partial charge in [-0.15, -0.1) is 0 Å². The lowest BCUT2D eigenvalue weighted by atomic mass is 10.1. The highest BCUT2D eigenvalue weighted by molar-refractivity contribution is 5.90. The number of hydrogen-bond donors (Lipinski definition) is 2. The molecule has 2 N–H and O–H groups in total. The van der Waals surface area contributed by atoms with Crippen LogP contribution in [0.5, 0.6) is 5.75 Å². The molecule has 0 atom stereocenters. The quantitative estimate of drug-likeness (QED) is 0.645. The van der Waals surface area contributed by atoms with Gasteiger partial charge in [-0.3, -0.25) is 0 Å². The molecule has 0 unspecified atom stereocenters.